The first-order valence-corrected chi connectivity index (χ1v) is 63.3. The predicted molar refractivity (Wildman–Crippen MR) is 520 cm³/mol. The van der Waals surface area contributed by atoms with Crippen molar-refractivity contribution < 1.29 is 31.5 Å². The van der Waals surface area contributed by atoms with Crippen LogP contribution in [0.15, 0.2) is 455 Å². The zero-order valence-corrected chi connectivity index (χ0v) is 78.7. The Bertz CT molecular complexity index is 4580. The highest BCUT2D eigenvalue weighted by Crippen LogP contribution is 2.25. The van der Waals surface area contributed by atoms with E-state index in [0.717, 1.165) is 31.1 Å². The van der Waals surface area contributed by atoms with Crippen molar-refractivity contribution in [2.24, 2.45) is 0 Å². The Morgan fingerprint density at radius 2 is 0.291 bits per heavy atom. The van der Waals surface area contributed by atoms with E-state index in [4.69, 9.17) is 49.7 Å². The first-order chi connectivity index (χ1) is 55.9. The average Bonchev–Trinajstić information content (AvgIpc) is 0.744. The minimum atomic E-state index is -3.00. The highest BCUT2D eigenvalue weighted by atomic mass is 35.7. The average molecular weight is 1750 g/mol. The molecule has 0 aromatic heterocycles. The van der Waals surface area contributed by atoms with Gasteiger partial charge in [-0.25, -0.2) is 0 Å². The summed E-state index contributed by atoms with van der Waals surface area (Å²) in [6, 6.07) is 157. The Hall–Kier alpha value is -9.16. The van der Waals surface area contributed by atoms with E-state index in [9.17, 15) is 9.59 Å². The van der Waals surface area contributed by atoms with E-state index in [1.165, 1.54) is 46.7 Å². The summed E-state index contributed by atoms with van der Waals surface area (Å²) >= 11 is 17.6. The fourth-order valence-electron chi connectivity index (χ4n) is 14.8. The van der Waals surface area contributed by atoms with Gasteiger partial charge in [0.15, 0.2) is 0 Å². The number of rotatable bonds is 23. The third-order valence-electron chi connectivity index (χ3n) is 19.3. The largest absolute Gasteiger partial charge is 0.434 e. The fourth-order valence-corrected chi connectivity index (χ4v) is 48.8. The Labute approximate surface area is 716 Å². The van der Waals surface area contributed by atoms with Crippen molar-refractivity contribution in [1.29, 1.82) is 0 Å². The van der Waals surface area contributed by atoms with Gasteiger partial charge in [-0.2, -0.15) is 0 Å². The molecule has 0 fully saturated rings. The van der Waals surface area contributed by atoms with Gasteiger partial charge >= 0.3 is 17.1 Å². The van der Waals surface area contributed by atoms with Crippen LogP contribution in [-0.4, -0.2) is 88.1 Å². The first-order valence-electron chi connectivity index (χ1n) is 39.1. The Morgan fingerprint density at radius 3 is 0.410 bits per heavy atom. The summed E-state index contributed by atoms with van der Waals surface area (Å²) in [7, 11) is -22.3. The van der Waals surface area contributed by atoms with Gasteiger partial charge in [0.05, 0.1) is 0 Å². The lowest BCUT2D eigenvalue weighted by Gasteiger charge is -2.44. The summed E-state index contributed by atoms with van der Waals surface area (Å²) in [4.78, 5) is 22.3. The van der Waals surface area contributed by atoms with Crippen molar-refractivity contribution in [2.45, 2.75) is 52.4 Å². The van der Waals surface area contributed by atoms with Crippen LogP contribution in [0.3, 0.4) is 0 Å². The van der Waals surface area contributed by atoms with Crippen molar-refractivity contribution in [2.75, 3.05) is 0 Å². The maximum Gasteiger partial charge on any atom is 0.319 e. The number of halogens is 3. The van der Waals surface area contributed by atoms with E-state index < -0.39 is 73.0 Å². The van der Waals surface area contributed by atoms with Crippen molar-refractivity contribution in [3.63, 3.8) is 0 Å². The zero-order valence-electron chi connectivity index (χ0n) is 67.5. The quantitative estimate of drug-likeness (QED) is 0.0375. The van der Waals surface area contributed by atoms with Gasteiger partial charge in [-0.15, -0.1) is 33.2 Å². The predicted octanol–water partition coefficient (Wildman–Crippen LogP) is 14.0. The minimum Gasteiger partial charge on any atom is -0.434 e. The molecule has 4 N–H and O–H groups in total. The first kappa shape index (κ1) is 90.2. The normalized spacial score (nSPS) is 11.9. The Morgan fingerprint density at radius 1 is 0.179 bits per heavy atom. The van der Waals surface area contributed by atoms with Gasteiger partial charge < -0.3 is 31.5 Å². The smallest absolute Gasteiger partial charge is 0.319 e. The molecule has 0 saturated carbocycles. The van der Waals surface area contributed by atoms with Crippen LogP contribution in [-0.2, 0) is 16.5 Å². The van der Waals surface area contributed by atoms with Gasteiger partial charge in [-0.05, 0) is 130 Å². The molecule has 15 aromatic carbocycles. The topological polar surface area (TPSA) is 109 Å². The maximum atomic E-state index is 11.6. The molecule has 19 heteroatoms. The van der Waals surface area contributed by atoms with Crippen LogP contribution in [0.5, 0.6) is 0 Å². The minimum absolute atomic E-state index is 0. The van der Waals surface area contributed by atoms with Crippen molar-refractivity contribution in [1.82, 2.24) is 0 Å². The van der Waals surface area contributed by atoms with Gasteiger partial charge in [0.2, 0.25) is 6.69 Å². The molecule has 0 atom stereocenters. The number of hydrogen-bond acceptors (Lipinski definition) is 6. The van der Waals surface area contributed by atoms with Crippen LogP contribution in [0, 0.1) is 0 Å². The van der Waals surface area contributed by atoms with Crippen molar-refractivity contribution >= 4 is 184 Å². The van der Waals surface area contributed by atoms with E-state index in [-0.39, 0.29) is 5.48 Å². The summed E-state index contributed by atoms with van der Waals surface area (Å²) in [6.07, 6.45) is 0. The van der Waals surface area contributed by atoms with Crippen LogP contribution < -0.4 is 77.8 Å². The maximum absolute atomic E-state index is 11.6. The molecule has 0 saturated heterocycles. The Balaban J connectivity index is 0.000000168. The van der Waals surface area contributed by atoms with Crippen molar-refractivity contribution in [3.8, 4) is 0 Å². The third-order valence-corrected chi connectivity index (χ3v) is 50.1. The molecule has 0 unspecified atom stereocenters. The molecule has 0 radical (unpaired) electrons. The molecule has 0 amide bonds. The summed E-state index contributed by atoms with van der Waals surface area (Å²) in [6.45, 7) is 14.3. The number of hydrogen-bond donors (Lipinski definition) is 2. The van der Waals surface area contributed by atoms with Crippen LogP contribution in [0.25, 0.3) is 0 Å². The second-order valence-electron chi connectivity index (χ2n) is 29.9. The number of benzene rings is 15. The SMILES string of the molecule is C[Si](C)(Cl)Cl.C[Si](C)(Cl)O[Si](c1ccccc1)(c1ccccc1)c1ccccc1.C[Si](C)(O)O[Si](c1ccccc1)(c1ccccc1)c1ccccc1.C[Si](C)(O[Si](c1ccccc1)(c1ccccc1)c1ccccc1)O[Si](c1ccccc1)(c1ccccc1)c1ccccc1.O.O[Si](c1ccccc1)(c1ccccc1)c1ccccc1. The van der Waals surface area contributed by atoms with Crippen LogP contribution in [0.1, 0.15) is 0 Å². The molecule has 7 nitrogen and oxygen atoms in total. The summed E-state index contributed by atoms with van der Waals surface area (Å²) in [5.74, 6) is 0. The second-order valence-corrected chi connectivity index (χ2v) is 68.7. The highest BCUT2D eigenvalue weighted by Gasteiger charge is 2.53. The molecule has 0 spiro atoms. The van der Waals surface area contributed by atoms with Crippen LogP contribution in [0.2, 0.25) is 52.4 Å². The highest BCUT2D eigenvalue weighted by molar-refractivity contribution is 7.44. The van der Waals surface area contributed by atoms with E-state index in [2.05, 4.69) is 304 Å². The molecule has 0 aliphatic rings. The lowest BCUT2D eigenvalue weighted by atomic mass is 10.3. The molecule has 0 bridgehead atoms. The zero-order chi connectivity index (χ0) is 82.0. The third kappa shape index (κ3) is 23.2. The van der Waals surface area contributed by atoms with Gasteiger partial charge in [-0.1, -0.05) is 455 Å². The monoisotopic (exact) mass is 1750 g/mol. The van der Waals surface area contributed by atoms with E-state index in [1.807, 2.05) is 203 Å². The summed E-state index contributed by atoms with van der Waals surface area (Å²) < 4.78 is 29.0. The molecular formula is C98H103Cl3O7Si9. The van der Waals surface area contributed by atoms with E-state index in [0.29, 0.717) is 0 Å². The summed E-state index contributed by atoms with van der Waals surface area (Å²) in [5, 5.41) is 17.4. The molecule has 15 rings (SSSR count). The fraction of sp³-hybridized carbons (Fsp3) is 0.0816. The molecule has 0 heterocycles. The van der Waals surface area contributed by atoms with Gasteiger partial charge in [0, 0.05) is 0 Å². The van der Waals surface area contributed by atoms with Gasteiger partial charge in [-0.3, -0.25) is 0 Å². The molecule has 594 valence electrons. The molecule has 0 aliphatic heterocycles. The van der Waals surface area contributed by atoms with Gasteiger partial charge in [0.1, 0.15) is 0 Å². The lowest BCUT2D eigenvalue weighted by Crippen LogP contribution is -2.77. The van der Waals surface area contributed by atoms with E-state index >= 15 is 0 Å². The van der Waals surface area contributed by atoms with E-state index in [1.54, 1.807) is 0 Å². The lowest BCUT2D eigenvalue weighted by molar-refractivity contribution is 0.396. The standard InChI is InChI=1S/C38H36O2Si3.C20H21ClOSi2.C20H22O2Si2.C18H16OSi.C2H6Cl2Si.H2O/c1-41(2,39-42(33-21-9-3-10-22-33,34-23-11-4-12-24-34)35-25-13-5-14-26-35)40-43(36-27-15-6-16-28-36,37-29-17-7-18-30-37)38-31-19-8-20-32-38;2*1-23(2,21)22-24(18-12-6-3-7-13-18,19-14-8-4-9-15-19)20-16-10-5-11-17-20;19-20(16-10-4-1-5-11-16,17-12-6-2-7-13-17)18-14-8-3-9-15-18;1-5(2,3)4;/h3-32H,1-2H3;3-17H,1-2H3;3-17,21H,1-2H3;1-15,19H;1-2H3;1H2. The van der Waals surface area contributed by atoms with Crippen LogP contribution in [0.4, 0.5) is 0 Å². The molecular weight excluding hydrogens is 1650 g/mol. The Kier molecular flexibility index (Phi) is 32.4. The molecule has 117 heavy (non-hydrogen) atoms. The van der Waals surface area contributed by atoms with Crippen molar-refractivity contribution in [3.05, 3.63) is 455 Å². The second kappa shape index (κ2) is 42.0. The molecule has 0 aliphatic carbocycles. The summed E-state index contributed by atoms with van der Waals surface area (Å²) in [5.41, 5.74) is 0. The van der Waals surface area contributed by atoms with Gasteiger partial charge in [0.25, 0.3) is 49.2 Å². The van der Waals surface area contributed by atoms with Crippen LogP contribution >= 0.6 is 33.2 Å². The molecule has 15 aromatic rings.